The Morgan fingerprint density at radius 1 is 0.493 bits per heavy atom. The molecule has 14 heteroatoms. The molecule has 0 bridgehead atoms. The predicted octanol–water partition coefficient (Wildman–Crippen LogP) is 15.6. The van der Waals surface area contributed by atoms with E-state index in [0.717, 1.165) is 49.6 Å². The lowest BCUT2D eigenvalue weighted by atomic mass is 9.90. The van der Waals surface area contributed by atoms with E-state index in [1.165, 1.54) is 122 Å². The van der Waals surface area contributed by atoms with Crippen molar-refractivity contribution in [3.05, 3.63) is 188 Å². The quantitative estimate of drug-likeness (QED) is 0.0514. The van der Waals surface area contributed by atoms with E-state index in [1.807, 2.05) is 59.3 Å². The van der Waals surface area contributed by atoms with Crippen LogP contribution in [0.25, 0.3) is 22.5 Å². The van der Waals surface area contributed by atoms with Crippen molar-refractivity contribution in [2.24, 2.45) is 0 Å². The second-order valence-corrected chi connectivity index (χ2v) is 20.0. The second kappa shape index (κ2) is 28.9. The zero-order valence-electron chi connectivity index (χ0n) is 43.4. The van der Waals surface area contributed by atoms with Gasteiger partial charge in [-0.25, -0.2) is 19.6 Å². The number of rotatable bonds is 26. The molecule has 12 nitrogen and oxygen atoms in total. The summed E-state index contributed by atoms with van der Waals surface area (Å²) in [5.41, 5.74) is 9.36. The number of ether oxygens (including phenoxy) is 5. The van der Waals surface area contributed by atoms with Crippen molar-refractivity contribution in [3.8, 4) is 45.5 Å². The fourth-order valence-corrected chi connectivity index (χ4v) is 9.98. The molecule has 4 aromatic heterocycles. The van der Waals surface area contributed by atoms with Gasteiger partial charge >= 0.3 is 11.9 Å². The highest BCUT2D eigenvalue weighted by atomic mass is 32.1. The van der Waals surface area contributed by atoms with Gasteiger partial charge in [0.25, 0.3) is 0 Å². The normalized spacial score (nSPS) is 11.0. The van der Waals surface area contributed by atoms with Crippen molar-refractivity contribution in [2.75, 3.05) is 7.11 Å². The summed E-state index contributed by atoms with van der Waals surface area (Å²) in [6, 6.07) is 36.7. The number of aromatic nitrogens is 4. The highest BCUT2D eigenvalue weighted by Crippen LogP contribution is 2.31. The molecule has 0 aliphatic carbocycles. The molecule has 8 rings (SSSR count). The van der Waals surface area contributed by atoms with E-state index in [1.54, 1.807) is 12.3 Å². The van der Waals surface area contributed by atoms with Crippen LogP contribution in [0.15, 0.2) is 145 Å². The molecular weight excluding hydrogens is 981 g/mol. The van der Waals surface area contributed by atoms with Crippen LogP contribution in [0.4, 0.5) is 0 Å². The van der Waals surface area contributed by atoms with Crippen molar-refractivity contribution in [1.82, 2.24) is 19.9 Å². The van der Waals surface area contributed by atoms with Gasteiger partial charge in [-0.15, -0.1) is 22.7 Å². The first kappa shape index (κ1) is 55.3. The number of carbonyl (C=O) groups excluding carboxylic acids is 1. The van der Waals surface area contributed by atoms with Crippen LogP contribution in [-0.4, -0.2) is 44.1 Å². The van der Waals surface area contributed by atoms with Gasteiger partial charge in [0.05, 0.1) is 42.0 Å². The molecule has 4 heterocycles. The Morgan fingerprint density at radius 3 is 1.27 bits per heavy atom. The summed E-state index contributed by atoms with van der Waals surface area (Å²) in [5.74, 6) is 2.33. The topological polar surface area (TPSA) is 152 Å². The molecule has 0 saturated carbocycles. The largest absolute Gasteiger partial charge is 0.489 e. The SMILES string of the molecule is CCCC(CCC)c1ccc(COc2ccc(-c3csc(COc4cncc(C(=O)O)c4)n3)cc2)cc1.CCCC(CCC)c1ccc(COc2ccc(-c3csc(COc4cncc(C(=O)OC)c4)n3)cc2)cc1. The fraction of sp³-hybridized carbons (Fsp3) is 0.311. The third kappa shape index (κ3) is 16.8. The van der Waals surface area contributed by atoms with Gasteiger partial charge < -0.3 is 28.8 Å². The molecular formula is C61H66N4O8S2. The predicted molar refractivity (Wildman–Crippen MR) is 297 cm³/mol. The Hall–Kier alpha value is -7.42. The molecule has 0 radical (unpaired) electrons. The van der Waals surface area contributed by atoms with Crippen molar-refractivity contribution in [3.63, 3.8) is 0 Å². The minimum Gasteiger partial charge on any atom is -0.489 e. The lowest BCUT2D eigenvalue weighted by molar-refractivity contribution is 0.0598. The molecule has 0 unspecified atom stereocenters. The lowest BCUT2D eigenvalue weighted by Gasteiger charge is -2.16. The number of hydrogen-bond acceptors (Lipinski definition) is 13. The fourth-order valence-electron chi connectivity index (χ4n) is 8.55. The Labute approximate surface area is 448 Å². The average molecular weight is 1050 g/mol. The Kier molecular flexibility index (Phi) is 21.3. The molecule has 0 fully saturated rings. The van der Waals surface area contributed by atoms with E-state index in [4.69, 9.17) is 28.8 Å². The van der Waals surface area contributed by atoms with Crippen LogP contribution >= 0.6 is 22.7 Å². The van der Waals surface area contributed by atoms with Gasteiger partial charge in [-0.1, -0.05) is 102 Å². The maximum Gasteiger partial charge on any atom is 0.339 e. The standard InChI is InChI=1S/C31H34N2O4S.C30H32N2O4S/c1-4-6-23(7-5-2)24-10-8-22(9-11-24)19-36-27-14-12-25(13-15-27)29-21-38-30(33-29)20-37-28-16-26(17-32-18-28)31(34)35-3;1-3-5-22(6-4-2)23-9-7-21(8-10-23)18-35-26-13-11-24(12-14-26)28-20-37-29(32-28)19-36-27-15-25(30(33)34)16-31-17-27/h8-18,21,23H,4-7,19-20H2,1-3H3;7-17,20,22H,3-6,18-19H2,1-2H3,(H,33,34). The van der Waals surface area contributed by atoms with Gasteiger partial charge in [-0.2, -0.15) is 0 Å². The Balaban J connectivity index is 0.000000219. The lowest BCUT2D eigenvalue weighted by Crippen LogP contribution is -2.03. The van der Waals surface area contributed by atoms with Crippen LogP contribution < -0.4 is 18.9 Å². The summed E-state index contributed by atoms with van der Waals surface area (Å²) < 4.78 is 28.2. The van der Waals surface area contributed by atoms with E-state index < -0.39 is 11.9 Å². The van der Waals surface area contributed by atoms with E-state index in [2.05, 4.69) is 96.2 Å². The minimum atomic E-state index is -1.04. The van der Waals surface area contributed by atoms with Gasteiger partial charge in [-0.3, -0.25) is 9.97 Å². The third-order valence-corrected chi connectivity index (χ3v) is 14.1. The van der Waals surface area contributed by atoms with Crippen LogP contribution in [0.5, 0.6) is 23.0 Å². The van der Waals surface area contributed by atoms with E-state index >= 15 is 0 Å². The molecule has 0 saturated heterocycles. The monoisotopic (exact) mass is 1050 g/mol. The summed E-state index contributed by atoms with van der Waals surface area (Å²) >= 11 is 3.01. The van der Waals surface area contributed by atoms with Crippen molar-refractivity contribution < 1.29 is 38.4 Å². The van der Waals surface area contributed by atoms with Crippen LogP contribution in [0.3, 0.4) is 0 Å². The summed E-state index contributed by atoms with van der Waals surface area (Å²) in [6.45, 7) is 10.6. The number of esters is 1. The van der Waals surface area contributed by atoms with E-state index in [-0.39, 0.29) is 18.8 Å². The molecule has 390 valence electrons. The number of benzene rings is 4. The molecule has 0 spiro atoms. The minimum absolute atomic E-state index is 0.0873. The van der Waals surface area contributed by atoms with Gasteiger partial charge in [0, 0.05) is 34.3 Å². The van der Waals surface area contributed by atoms with Gasteiger partial charge in [0.15, 0.2) is 0 Å². The first-order chi connectivity index (χ1) is 36.6. The Bertz CT molecular complexity index is 2980. The number of thiazole rings is 2. The maximum atomic E-state index is 11.7. The van der Waals surface area contributed by atoms with Gasteiger partial charge in [0.2, 0.25) is 0 Å². The average Bonchev–Trinajstić information content (AvgIpc) is 4.14. The van der Waals surface area contributed by atoms with Gasteiger partial charge in [-0.05, 0) is 120 Å². The second-order valence-electron chi connectivity index (χ2n) is 18.1. The van der Waals surface area contributed by atoms with Crippen LogP contribution in [-0.2, 0) is 31.2 Å². The summed E-state index contributed by atoms with van der Waals surface area (Å²) in [6.07, 6.45) is 15.6. The first-order valence-corrected chi connectivity index (χ1v) is 27.4. The number of aromatic carboxylic acids is 1. The number of carboxylic acid groups (broad SMARTS) is 1. The molecule has 75 heavy (non-hydrogen) atoms. The molecule has 0 atom stereocenters. The smallest absolute Gasteiger partial charge is 0.339 e. The first-order valence-electron chi connectivity index (χ1n) is 25.6. The maximum absolute atomic E-state index is 11.7. The summed E-state index contributed by atoms with van der Waals surface area (Å²) in [5, 5.41) is 14.7. The summed E-state index contributed by atoms with van der Waals surface area (Å²) in [7, 11) is 1.33. The number of carboxylic acids is 1. The molecule has 4 aromatic carbocycles. The third-order valence-electron chi connectivity index (χ3n) is 12.5. The molecule has 0 amide bonds. The van der Waals surface area contributed by atoms with Crippen LogP contribution in [0.1, 0.15) is 144 Å². The van der Waals surface area contributed by atoms with Crippen LogP contribution in [0, 0.1) is 0 Å². The molecule has 8 aromatic rings. The highest BCUT2D eigenvalue weighted by Gasteiger charge is 2.14. The van der Waals surface area contributed by atoms with Crippen LogP contribution in [0.2, 0.25) is 0 Å². The Morgan fingerprint density at radius 2 is 0.880 bits per heavy atom. The molecule has 0 aliphatic heterocycles. The van der Waals surface area contributed by atoms with Crippen molar-refractivity contribution in [1.29, 1.82) is 0 Å². The number of hydrogen-bond donors (Lipinski definition) is 1. The van der Waals surface area contributed by atoms with Crippen molar-refractivity contribution >= 4 is 34.6 Å². The number of methoxy groups -OCH3 is 1. The number of pyridine rings is 2. The van der Waals surface area contributed by atoms with E-state index in [0.29, 0.717) is 42.1 Å². The molecule has 1 N–H and O–H groups in total. The zero-order valence-corrected chi connectivity index (χ0v) is 45.0. The molecule has 0 aliphatic rings. The van der Waals surface area contributed by atoms with E-state index in [9.17, 15) is 9.59 Å². The van der Waals surface area contributed by atoms with Crippen molar-refractivity contribution in [2.45, 2.75) is 117 Å². The number of carbonyl (C=O) groups is 2. The summed E-state index contributed by atoms with van der Waals surface area (Å²) in [4.78, 5) is 40.0. The highest BCUT2D eigenvalue weighted by molar-refractivity contribution is 7.10. The number of nitrogens with zero attached hydrogens (tertiary/aromatic N) is 4. The zero-order chi connectivity index (χ0) is 52.8. The van der Waals surface area contributed by atoms with Gasteiger partial charge in [0.1, 0.15) is 59.4 Å².